The standard InChI is InChI=1S/C23H16ClFN4O4S/c1-2-32-15-6-4-14(5-7-15)29-22(30)20-18(9-10-34-20)28(23(29)31)12-19-26-21(27-33-19)13-3-8-16(24)17(25)11-13/h3-11H,2,12H2,1H3. The predicted octanol–water partition coefficient (Wildman–Crippen LogP) is 4.50. The van der Waals surface area contributed by atoms with E-state index >= 15 is 0 Å². The van der Waals surface area contributed by atoms with Crippen LogP contribution in [0, 0.1) is 5.82 Å². The van der Waals surface area contributed by atoms with E-state index in [4.69, 9.17) is 20.9 Å². The Hall–Kier alpha value is -3.76. The summed E-state index contributed by atoms with van der Waals surface area (Å²) in [5.41, 5.74) is 0.268. The van der Waals surface area contributed by atoms with Crippen LogP contribution in [0.2, 0.25) is 5.02 Å². The Morgan fingerprint density at radius 2 is 1.94 bits per heavy atom. The lowest BCUT2D eigenvalue weighted by Crippen LogP contribution is -2.38. The molecular formula is C23H16ClFN4O4S. The summed E-state index contributed by atoms with van der Waals surface area (Å²) in [6, 6.07) is 12.6. The van der Waals surface area contributed by atoms with E-state index in [0.29, 0.717) is 33.8 Å². The Kier molecular flexibility index (Phi) is 5.76. The Bertz CT molecular complexity index is 1620. The van der Waals surface area contributed by atoms with Gasteiger partial charge in [0.05, 0.1) is 22.8 Å². The molecule has 8 nitrogen and oxygen atoms in total. The monoisotopic (exact) mass is 498 g/mol. The number of benzene rings is 2. The second-order valence-corrected chi connectivity index (χ2v) is 8.54. The first-order chi connectivity index (χ1) is 16.5. The number of aromatic nitrogens is 4. The molecule has 34 heavy (non-hydrogen) atoms. The highest BCUT2D eigenvalue weighted by Gasteiger charge is 2.19. The van der Waals surface area contributed by atoms with Crippen LogP contribution in [0.3, 0.4) is 0 Å². The lowest BCUT2D eigenvalue weighted by molar-refractivity contribution is 0.340. The average Bonchev–Trinajstić information content (AvgIpc) is 3.50. The third kappa shape index (κ3) is 3.91. The summed E-state index contributed by atoms with van der Waals surface area (Å²) in [6.45, 7) is 2.29. The van der Waals surface area contributed by atoms with Crippen molar-refractivity contribution in [2.75, 3.05) is 6.61 Å². The molecule has 5 rings (SSSR count). The number of halogens is 2. The highest BCUT2D eigenvalue weighted by Crippen LogP contribution is 2.23. The third-order valence-corrected chi connectivity index (χ3v) is 6.30. The fourth-order valence-corrected chi connectivity index (χ4v) is 4.47. The van der Waals surface area contributed by atoms with Crippen LogP contribution in [0.25, 0.3) is 27.3 Å². The van der Waals surface area contributed by atoms with Crippen LogP contribution in [0.4, 0.5) is 4.39 Å². The zero-order valence-electron chi connectivity index (χ0n) is 17.7. The van der Waals surface area contributed by atoms with Gasteiger partial charge in [0.15, 0.2) is 0 Å². The molecule has 0 atom stereocenters. The number of rotatable bonds is 6. The van der Waals surface area contributed by atoms with Crippen molar-refractivity contribution < 1.29 is 13.7 Å². The topological polar surface area (TPSA) is 92.2 Å². The summed E-state index contributed by atoms with van der Waals surface area (Å²) in [5.74, 6) is 0.301. The molecule has 0 aliphatic rings. The number of nitrogens with zero attached hydrogens (tertiary/aromatic N) is 4. The number of hydrogen-bond donors (Lipinski definition) is 0. The zero-order valence-corrected chi connectivity index (χ0v) is 19.3. The van der Waals surface area contributed by atoms with Crippen molar-refractivity contribution in [1.29, 1.82) is 0 Å². The lowest BCUT2D eigenvalue weighted by Gasteiger charge is -2.11. The second-order valence-electron chi connectivity index (χ2n) is 7.21. The normalized spacial score (nSPS) is 11.3. The van der Waals surface area contributed by atoms with E-state index in [-0.39, 0.29) is 23.3 Å². The number of hydrogen-bond acceptors (Lipinski definition) is 7. The molecule has 0 radical (unpaired) electrons. The minimum Gasteiger partial charge on any atom is -0.494 e. The molecule has 0 fully saturated rings. The van der Waals surface area contributed by atoms with Crippen molar-refractivity contribution in [3.8, 4) is 22.8 Å². The highest BCUT2D eigenvalue weighted by molar-refractivity contribution is 7.17. The van der Waals surface area contributed by atoms with Gasteiger partial charge in [-0.2, -0.15) is 4.98 Å². The van der Waals surface area contributed by atoms with Crippen molar-refractivity contribution in [3.05, 3.63) is 91.5 Å². The first-order valence-electron chi connectivity index (χ1n) is 10.2. The molecule has 3 heterocycles. The Morgan fingerprint density at radius 3 is 2.68 bits per heavy atom. The molecule has 3 aromatic heterocycles. The fourth-order valence-electron chi connectivity index (χ4n) is 3.53. The first-order valence-corrected chi connectivity index (χ1v) is 11.5. The van der Waals surface area contributed by atoms with E-state index in [0.717, 1.165) is 4.57 Å². The summed E-state index contributed by atoms with van der Waals surface area (Å²) in [5, 5.41) is 5.60. The molecule has 2 aromatic carbocycles. The SMILES string of the molecule is CCOc1ccc(-n2c(=O)c3sccc3n(Cc3nc(-c4ccc(Cl)c(F)c4)no3)c2=O)cc1. The van der Waals surface area contributed by atoms with E-state index in [9.17, 15) is 14.0 Å². The highest BCUT2D eigenvalue weighted by atomic mass is 35.5. The minimum atomic E-state index is -0.607. The van der Waals surface area contributed by atoms with Crippen LogP contribution >= 0.6 is 22.9 Å². The van der Waals surface area contributed by atoms with Gasteiger partial charge >= 0.3 is 5.69 Å². The minimum absolute atomic E-state index is 0.0181. The van der Waals surface area contributed by atoms with Gasteiger partial charge in [0.25, 0.3) is 5.56 Å². The first kappa shape index (κ1) is 22.1. The zero-order chi connectivity index (χ0) is 23.8. The van der Waals surface area contributed by atoms with E-state index in [2.05, 4.69) is 10.1 Å². The van der Waals surface area contributed by atoms with Crippen molar-refractivity contribution in [2.24, 2.45) is 0 Å². The molecule has 0 amide bonds. The van der Waals surface area contributed by atoms with Crippen LogP contribution in [-0.4, -0.2) is 25.9 Å². The van der Waals surface area contributed by atoms with Gasteiger partial charge in [-0.25, -0.2) is 13.8 Å². The molecule has 0 bridgehead atoms. The lowest BCUT2D eigenvalue weighted by atomic mass is 10.2. The largest absolute Gasteiger partial charge is 0.494 e. The molecule has 11 heteroatoms. The molecule has 0 unspecified atom stereocenters. The fraction of sp³-hybridized carbons (Fsp3) is 0.130. The van der Waals surface area contributed by atoms with Crippen molar-refractivity contribution in [2.45, 2.75) is 13.5 Å². The smallest absolute Gasteiger partial charge is 0.336 e. The summed E-state index contributed by atoms with van der Waals surface area (Å²) < 4.78 is 27.5. The summed E-state index contributed by atoms with van der Waals surface area (Å²) >= 11 is 6.97. The van der Waals surface area contributed by atoms with Crippen molar-refractivity contribution in [3.63, 3.8) is 0 Å². The van der Waals surface area contributed by atoms with Crippen LogP contribution in [0.5, 0.6) is 5.75 Å². The summed E-state index contributed by atoms with van der Waals surface area (Å²) in [4.78, 5) is 30.8. The molecule has 0 aliphatic heterocycles. The van der Waals surface area contributed by atoms with Gasteiger partial charge < -0.3 is 9.26 Å². The third-order valence-electron chi connectivity index (χ3n) is 5.10. The van der Waals surface area contributed by atoms with Gasteiger partial charge in [0.2, 0.25) is 11.7 Å². The maximum Gasteiger partial charge on any atom is 0.336 e. The molecule has 0 spiro atoms. The molecule has 5 aromatic rings. The molecule has 0 aliphatic carbocycles. The van der Waals surface area contributed by atoms with Crippen LogP contribution in [0.1, 0.15) is 12.8 Å². The Balaban J connectivity index is 1.57. The van der Waals surface area contributed by atoms with Crippen LogP contribution in [0.15, 0.2) is 68.0 Å². The Morgan fingerprint density at radius 1 is 1.15 bits per heavy atom. The molecule has 0 saturated heterocycles. The van der Waals surface area contributed by atoms with Crippen molar-refractivity contribution >= 4 is 33.2 Å². The molecule has 0 saturated carbocycles. The predicted molar refractivity (Wildman–Crippen MR) is 127 cm³/mol. The Labute approximate surface area is 200 Å². The molecule has 172 valence electrons. The van der Waals surface area contributed by atoms with Gasteiger partial charge in [0, 0.05) is 5.56 Å². The van der Waals surface area contributed by atoms with Gasteiger partial charge in [-0.05, 0) is 60.8 Å². The second kappa shape index (κ2) is 8.88. The summed E-state index contributed by atoms with van der Waals surface area (Å²) in [7, 11) is 0. The van der Waals surface area contributed by atoms with Gasteiger partial charge in [-0.15, -0.1) is 11.3 Å². The van der Waals surface area contributed by atoms with Gasteiger partial charge in [0.1, 0.15) is 22.8 Å². The van der Waals surface area contributed by atoms with Crippen molar-refractivity contribution in [1.82, 2.24) is 19.3 Å². The maximum atomic E-state index is 13.8. The number of fused-ring (bicyclic) bond motifs is 1. The van der Waals surface area contributed by atoms with E-state index in [1.807, 2.05) is 6.92 Å². The molecular weight excluding hydrogens is 483 g/mol. The van der Waals surface area contributed by atoms with Crippen LogP contribution in [-0.2, 0) is 6.54 Å². The van der Waals surface area contributed by atoms with Gasteiger partial charge in [-0.1, -0.05) is 16.8 Å². The average molecular weight is 499 g/mol. The molecule has 0 N–H and O–H groups in total. The van der Waals surface area contributed by atoms with E-state index in [1.54, 1.807) is 41.8 Å². The quantitative estimate of drug-likeness (QED) is 0.342. The number of ether oxygens (including phenoxy) is 1. The summed E-state index contributed by atoms with van der Waals surface area (Å²) in [6.07, 6.45) is 0. The van der Waals surface area contributed by atoms with E-state index in [1.165, 1.54) is 28.0 Å². The van der Waals surface area contributed by atoms with E-state index < -0.39 is 17.1 Å². The van der Waals surface area contributed by atoms with Gasteiger partial charge in [-0.3, -0.25) is 9.36 Å². The van der Waals surface area contributed by atoms with Crippen LogP contribution < -0.4 is 16.0 Å². The number of thiophene rings is 1. The maximum absolute atomic E-state index is 13.8.